The van der Waals surface area contributed by atoms with Gasteiger partial charge in [0.1, 0.15) is 5.69 Å². The summed E-state index contributed by atoms with van der Waals surface area (Å²) in [6.45, 7) is 4.44. The molecule has 1 heterocycles. The molecule has 0 spiro atoms. The van der Waals surface area contributed by atoms with Crippen LogP contribution in [0.3, 0.4) is 0 Å². The van der Waals surface area contributed by atoms with E-state index in [0.717, 1.165) is 31.0 Å². The Balaban J connectivity index is 1.85. The van der Waals surface area contributed by atoms with Crippen LogP contribution in [0.4, 0.5) is 5.69 Å². The molecule has 2 amide bonds. The number of nitrogens with one attached hydrogen (secondary N) is 1. The topological polar surface area (TPSA) is 61.8 Å². The molecule has 0 atom stereocenters. The first-order valence-corrected chi connectivity index (χ1v) is 10.0. The molecule has 8 heteroatoms. The first-order chi connectivity index (χ1) is 12.4. The molecule has 1 aliphatic carbocycles. The van der Waals surface area contributed by atoms with Crippen molar-refractivity contribution < 1.29 is 9.59 Å². The molecule has 1 aliphatic heterocycles. The van der Waals surface area contributed by atoms with E-state index in [4.69, 9.17) is 23.2 Å². The van der Waals surface area contributed by atoms with E-state index in [2.05, 4.69) is 10.3 Å². The van der Waals surface area contributed by atoms with E-state index in [1.54, 1.807) is 25.1 Å². The molecule has 1 N–H and O–H groups in total. The van der Waals surface area contributed by atoms with Crippen LogP contribution in [-0.2, 0) is 9.59 Å². The average Bonchev–Trinajstić information content (AvgIpc) is 3.38. The Bertz CT molecular complexity index is 798. The van der Waals surface area contributed by atoms with E-state index < -0.39 is 0 Å². The average molecular weight is 412 g/mol. The van der Waals surface area contributed by atoms with E-state index in [0.29, 0.717) is 44.0 Å². The largest absolute Gasteiger partial charge is 0.336 e. The molecule has 0 unspecified atom stereocenters. The van der Waals surface area contributed by atoms with Gasteiger partial charge >= 0.3 is 0 Å². The van der Waals surface area contributed by atoms with Gasteiger partial charge in [-0.1, -0.05) is 36.2 Å². The van der Waals surface area contributed by atoms with Crippen molar-refractivity contribution in [3.63, 3.8) is 0 Å². The fourth-order valence-corrected chi connectivity index (χ4v) is 4.05. The number of para-hydroxylation sites is 1. The number of hydrogen-bond acceptors (Lipinski definition) is 4. The van der Waals surface area contributed by atoms with Crippen molar-refractivity contribution >= 4 is 57.6 Å². The second kappa shape index (κ2) is 8.03. The highest BCUT2D eigenvalue weighted by Crippen LogP contribution is 2.36. The molecular formula is C18H19Cl2N3O2S. The lowest BCUT2D eigenvalue weighted by Crippen LogP contribution is -2.35. The Morgan fingerprint density at radius 1 is 1.35 bits per heavy atom. The minimum absolute atomic E-state index is 0.0796. The van der Waals surface area contributed by atoms with Crippen LogP contribution in [-0.4, -0.2) is 34.5 Å². The van der Waals surface area contributed by atoms with Crippen LogP contribution in [0, 0.1) is 0 Å². The maximum atomic E-state index is 12.8. The second-order valence-corrected chi connectivity index (χ2v) is 8.04. The van der Waals surface area contributed by atoms with Gasteiger partial charge in [-0.15, -0.1) is 0 Å². The lowest BCUT2D eigenvalue weighted by Gasteiger charge is -2.22. The summed E-state index contributed by atoms with van der Waals surface area (Å²) < 4.78 is 0. The number of carbonyl (C=O) groups is 2. The minimum Gasteiger partial charge on any atom is -0.336 e. The van der Waals surface area contributed by atoms with Crippen molar-refractivity contribution in [2.24, 2.45) is 4.99 Å². The number of nitrogens with zero attached hydrogens (tertiary/aromatic N) is 2. The second-order valence-electron chi connectivity index (χ2n) is 6.23. The third kappa shape index (κ3) is 4.08. The summed E-state index contributed by atoms with van der Waals surface area (Å²) in [5.74, 6) is -0.404. The van der Waals surface area contributed by atoms with Crippen LogP contribution >= 0.6 is 35.0 Å². The summed E-state index contributed by atoms with van der Waals surface area (Å²) in [6, 6.07) is 5.39. The number of hydrogen-bond donors (Lipinski definition) is 1. The Morgan fingerprint density at radius 2 is 2.00 bits per heavy atom. The molecule has 1 aromatic rings. The van der Waals surface area contributed by atoms with Crippen molar-refractivity contribution in [1.29, 1.82) is 0 Å². The highest BCUT2D eigenvalue weighted by atomic mass is 35.5. The van der Waals surface area contributed by atoms with E-state index in [9.17, 15) is 9.59 Å². The number of benzene rings is 1. The van der Waals surface area contributed by atoms with Gasteiger partial charge in [-0.25, -0.2) is 4.99 Å². The van der Waals surface area contributed by atoms with Gasteiger partial charge in [-0.05, 0) is 50.1 Å². The number of thioether (sulfide) groups is 1. The van der Waals surface area contributed by atoms with Crippen LogP contribution in [0.1, 0.15) is 33.1 Å². The van der Waals surface area contributed by atoms with Gasteiger partial charge < -0.3 is 10.2 Å². The van der Waals surface area contributed by atoms with Gasteiger partial charge in [0.2, 0.25) is 0 Å². The van der Waals surface area contributed by atoms with Crippen LogP contribution in [0.15, 0.2) is 33.7 Å². The fourth-order valence-electron chi connectivity index (χ4n) is 2.71. The highest BCUT2D eigenvalue weighted by molar-refractivity contribution is 8.18. The Hall–Kier alpha value is -1.50. The third-order valence-electron chi connectivity index (χ3n) is 4.15. The molecule has 138 valence electrons. The summed E-state index contributed by atoms with van der Waals surface area (Å²) in [7, 11) is 0. The number of halogens is 2. The normalized spacial score (nSPS) is 20.3. The Morgan fingerprint density at radius 3 is 2.58 bits per heavy atom. The highest BCUT2D eigenvalue weighted by Gasteiger charge is 2.35. The van der Waals surface area contributed by atoms with Gasteiger partial charge in [0.15, 0.2) is 5.17 Å². The standard InChI is InChI=1S/C18H19Cl2N3O2S/c1-3-9-23(11-7-8-11)17(25)10(2)15-16(24)22-18(26-15)21-14-12(19)5-4-6-13(14)20/h4-6,11H,3,7-9H2,1-2H3,(H,21,22,24). The van der Waals surface area contributed by atoms with E-state index in [-0.39, 0.29) is 11.8 Å². The lowest BCUT2D eigenvalue weighted by molar-refractivity contribution is -0.128. The summed E-state index contributed by atoms with van der Waals surface area (Å²) >= 11 is 13.4. The molecule has 26 heavy (non-hydrogen) atoms. The smallest absolute Gasteiger partial charge is 0.264 e. The molecule has 0 aromatic heterocycles. The molecule has 1 saturated heterocycles. The van der Waals surface area contributed by atoms with Crippen molar-refractivity contribution in [2.45, 2.75) is 39.2 Å². The van der Waals surface area contributed by atoms with Gasteiger partial charge in [0.25, 0.3) is 11.8 Å². The fraction of sp³-hybridized carbons (Fsp3) is 0.389. The number of aliphatic imine (C=N–C) groups is 1. The molecule has 3 rings (SSSR count). The summed E-state index contributed by atoms with van der Waals surface area (Å²) in [5.41, 5.74) is 0.845. The molecule has 0 bridgehead atoms. The molecule has 5 nitrogen and oxygen atoms in total. The van der Waals surface area contributed by atoms with Crippen LogP contribution in [0.5, 0.6) is 0 Å². The maximum absolute atomic E-state index is 12.8. The number of rotatable bonds is 5. The zero-order chi connectivity index (χ0) is 18.8. The molecule has 2 fully saturated rings. The number of amidine groups is 1. The first kappa shape index (κ1) is 19.3. The van der Waals surface area contributed by atoms with E-state index >= 15 is 0 Å². The van der Waals surface area contributed by atoms with Crippen molar-refractivity contribution in [3.05, 3.63) is 38.7 Å². The van der Waals surface area contributed by atoms with Gasteiger partial charge in [0, 0.05) is 18.2 Å². The minimum atomic E-state index is -0.324. The number of carbonyl (C=O) groups excluding carboxylic acids is 2. The van der Waals surface area contributed by atoms with Crippen molar-refractivity contribution in [1.82, 2.24) is 10.2 Å². The molecule has 2 aliphatic rings. The Kier molecular flexibility index (Phi) is 5.95. The monoisotopic (exact) mass is 411 g/mol. The zero-order valence-corrected chi connectivity index (χ0v) is 16.8. The molecular weight excluding hydrogens is 393 g/mol. The lowest BCUT2D eigenvalue weighted by atomic mass is 10.2. The van der Waals surface area contributed by atoms with Gasteiger partial charge in [0.05, 0.1) is 15.0 Å². The Labute approximate surface area is 166 Å². The predicted molar refractivity (Wildman–Crippen MR) is 107 cm³/mol. The van der Waals surface area contributed by atoms with E-state index in [1.807, 2.05) is 11.8 Å². The molecule has 1 saturated carbocycles. The molecule has 0 radical (unpaired) electrons. The third-order valence-corrected chi connectivity index (χ3v) is 5.84. The predicted octanol–water partition coefficient (Wildman–Crippen LogP) is 4.52. The van der Waals surface area contributed by atoms with Crippen molar-refractivity contribution in [2.75, 3.05) is 6.54 Å². The van der Waals surface area contributed by atoms with Crippen LogP contribution < -0.4 is 5.32 Å². The van der Waals surface area contributed by atoms with Gasteiger partial charge in [-0.3, -0.25) is 9.59 Å². The van der Waals surface area contributed by atoms with Crippen LogP contribution in [0.2, 0.25) is 10.0 Å². The zero-order valence-electron chi connectivity index (χ0n) is 14.5. The molecule has 1 aromatic carbocycles. The summed E-state index contributed by atoms with van der Waals surface area (Å²) in [4.78, 5) is 31.8. The van der Waals surface area contributed by atoms with Gasteiger partial charge in [-0.2, -0.15) is 0 Å². The maximum Gasteiger partial charge on any atom is 0.264 e. The quantitative estimate of drug-likeness (QED) is 0.724. The summed E-state index contributed by atoms with van der Waals surface area (Å²) in [5, 5.41) is 3.84. The van der Waals surface area contributed by atoms with E-state index in [1.165, 1.54) is 0 Å². The van der Waals surface area contributed by atoms with Crippen LogP contribution in [0.25, 0.3) is 0 Å². The summed E-state index contributed by atoms with van der Waals surface area (Å²) in [6.07, 6.45) is 2.96. The first-order valence-electron chi connectivity index (χ1n) is 8.46. The van der Waals surface area contributed by atoms with Crippen molar-refractivity contribution in [3.8, 4) is 0 Å². The number of amides is 2. The SMILES string of the molecule is CCCN(C(=O)C(C)=C1SC(=Nc2c(Cl)cccc2Cl)NC1=O)C1CC1.